The Morgan fingerprint density at radius 3 is 2.43 bits per heavy atom. The van der Waals surface area contributed by atoms with E-state index in [1.54, 1.807) is 7.11 Å². The van der Waals surface area contributed by atoms with Crippen LogP contribution in [-0.2, 0) is 6.54 Å². The van der Waals surface area contributed by atoms with Crippen LogP contribution in [0.15, 0.2) is 24.3 Å². The number of rotatable bonds is 6. The van der Waals surface area contributed by atoms with Crippen molar-refractivity contribution in [1.82, 2.24) is 0 Å². The second-order valence-electron chi connectivity index (χ2n) is 4.27. The van der Waals surface area contributed by atoms with E-state index in [0.29, 0.717) is 22.2 Å². The molecule has 0 aliphatic rings. The standard InChI is InChI=1S/C14H17N3O3S/c1-19-9-5-3-8(4-6-9)7-17-14-11(20-2)10(15)12(21-14)13(16)18/h3-6,17H,7,15H2,1-2H3,(H2,16,18). The van der Waals surface area contributed by atoms with Gasteiger partial charge in [-0.15, -0.1) is 11.3 Å². The summed E-state index contributed by atoms with van der Waals surface area (Å²) < 4.78 is 10.3. The number of nitrogens with two attached hydrogens (primary N) is 2. The predicted octanol–water partition coefficient (Wildman–Crippen LogP) is 2.06. The molecule has 2 aromatic rings. The van der Waals surface area contributed by atoms with E-state index in [9.17, 15) is 4.79 Å². The third-order valence-corrected chi connectivity index (χ3v) is 4.10. The molecular formula is C14H17N3O3S. The summed E-state index contributed by atoms with van der Waals surface area (Å²) in [6.45, 7) is 0.568. The van der Waals surface area contributed by atoms with Crippen molar-refractivity contribution >= 4 is 27.9 Å². The van der Waals surface area contributed by atoms with Crippen LogP contribution in [0.3, 0.4) is 0 Å². The molecule has 7 heteroatoms. The van der Waals surface area contributed by atoms with Gasteiger partial charge in [-0.2, -0.15) is 0 Å². The van der Waals surface area contributed by atoms with Gasteiger partial charge in [0.15, 0.2) is 5.75 Å². The third-order valence-electron chi connectivity index (χ3n) is 2.94. The third kappa shape index (κ3) is 3.19. The lowest BCUT2D eigenvalue weighted by Gasteiger charge is -2.07. The molecule has 0 unspecified atom stereocenters. The molecule has 0 aliphatic heterocycles. The van der Waals surface area contributed by atoms with Gasteiger partial charge in [-0.1, -0.05) is 12.1 Å². The molecule has 0 saturated carbocycles. The second kappa shape index (κ2) is 6.36. The summed E-state index contributed by atoms with van der Waals surface area (Å²) in [5.74, 6) is 0.684. The largest absolute Gasteiger partial charge is 0.497 e. The summed E-state index contributed by atoms with van der Waals surface area (Å²) in [5, 5.41) is 3.88. The number of carbonyl (C=O) groups excluding carboxylic acids is 1. The molecule has 21 heavy (non-hydrogen) atoms. The first-order valence-corrected chi connectivity index (χ1v) is 7.01. The first-order valence-electron chi connectivity index (χ1n) is 6.19. The van der Waals surface area contributed by atoms with Crippen LogP contribution in [0.4, 0.5) is 10.7 Å². The number of nitrogen functional groups attached to an aromatic ring is 1. The monoisotopic (exact) mass is 307 g/mol. The molecule has 1 aromatic heterocycles. The Morgan fingerprint density at radius 2 is 1.90 bits per heavy atom. The van der Waals surface area contributed by atoms with E-state index in [0.717, 1.165) is 11.3 Å². The number of thiophene rings is 1. The molecule has 1 heterocycles. The fraction of sp³-hybridized carbons (Fsp3) is 0.214. The average molecular weight is 307 g/mol. The Balaban J connectivity index is 2.15. The van der Waals surface area contributed by atoms with Gasteiger partial charge in [0, 0.05) is 6.54 Å². The van der Waals surface area contributed by atoms with Crippen molar-refractivity contribution in [3.63, 3.8) is 0 Å². The highest BCUT2D eigenvalue weighted by atomic mass is 32.1. The van der Waals surface area contributed by atoms with Gasteiger partial charge in [-0.25, -0.2) is 0 Å². The number of hydrogen-bond donors (Lipinski definition) is 3. The molecule has 0 saturated heterocycles. The van der Waals surface area contributed by atoms with Crippen LogP contribution in [0.2, 0.25) is 0 Å². The Bertz CT molecular complexity index is 638. The van der Waals surface area contributed by atoms with E-state index in [4.69, 9.17) is 20.9 Å². The summed E-state index contributed by atoms with van der Waals surface area (Å²) in [7, 11) is 3.12. The van der Waals surface area contributed by atoms with E-state index >= 15 is 0 Å². The van der Waals surface area contributed by atoms with Crippen LogP contribution < -0.4 is 26.3 Å². The number of ether oxygens (including phenoxy) is 2. The Morgan fingerprint density at radius 1 is 1.24 bits per heavy atom. The summed E-state index contributed by atoms with van der Waals surface area (Å²) in [4.78, 5) is 11.6. The Labute approximate surface area is 126 Å². The summed E-state index contributed by atoms with van der Waals surface area (Å²) in [6, 6.07) is 7.66. The molecule has 1 aromatic carbocycles. The smallest absolute Gasteiger partial charge is 0.261 e. The molecule has 0 radical (unpaired) electrons. The van der Waals surface area contributed by atoms with Crippen molar-refractivity contribution in [2.24, 2.45) is 5.73 Å². The molecule has 112 valence electrons. The van der Waals surface area contributed by atoms with E-state index in [-0.39, 0.29) is 5.69 Å². The fourth-order valence-corrected chi connectivity index (χ4v) is 2.79. The number of carbonyl (C=O) groups is 1. The molecule has 6 nitrogen and oxygen atoms in total. The lowest BCUT2D eigenvalue weighted by Crippen LogP contribution is -2.10. The van der Waals surface area contributed by atoms with Crippen molar-refractivity contribution in [3.05, 3.63) is 34.7 Å². The van der Waals surface area contributed by atoms with Gasteiger partial charge in [-0.05, 0) is 17.7 Å². The Kier molecular flexibility index (Phi) is 4.54. The first kappa shape index (κ1) is 15.0. The van der Waals surface area contributed by atoms with E-state index < -0.39 is 5.91 Å². The maximum atomic E-state index is 11.3. The van der Waals surface area contributed by atoms with Crippen molar-refractivity contribution < 1.29 is 14.3 Å². The SMILES string of the molecule is COc1ccc(CNc2sc(C(N)=O)c(N)c2OC)cc1. The van der Waals surface area contributed by atoms with Crippen LogP contribution >= 0.6 is 11.3 Å². The molecule has 0 aliphatic carbocycles. The lowest BCUT2D eigenvalue weighted by atomic mass is 10.2. The maximum Gasteiger partial charge on any atom is 0.261 e. The van der Waals surface area contributed by atoms with Crippen LogP contribution in [0.5, 0.6) is 11.5 Å². The summed E-state index contributed by atoms with van der Waals surface area (Å²) in [6.07, 6.45) is 0. The van der Waals surface area contributed by atoms with Gasteiger partial charge >= 0.3 is 0 Å². The number of amides is 1. The number of methoxy groups -OCH3 is 2. The number of primary amides is 1. The van der Waals surface area contributed by atoms with E-state index in [1.807, 2.05) is 24.3 Å². The van der Waals surface area contributed by atoms with Crippen LogP contribution in [0.1, 0.15) is 15.2 Å². The molecule has 0 atom stereocenters. The number of benzene rings is 1. The molecule has 1 amide bonds. The normalized spacial score (nSPS) is 10.2. The molecule has 0 fully saturated rings. The zero-order valence-corrected chi connectivity index (χ0v) is 12.6. The van der Waals surface area contributed by atoms with Crippen molar-refractivity contribution in [3.8, 4) is 11.5 Å². The van der Waals surface area contributed by atoms with Gasteiger partial charge in [0.2, 0.25) is 0 Å². The van der Waals surface area contributed by atoms with Crippen LogP contribution in [-0.4, -0.2) is 20.1 Å². The average Bonchev–Trinajstić information content (AvgIpc) is 2.81. The highest BCUT2D eigenvalue weighted by Gasteiger charge is 2.19. The van der Waals surface area contributed by atoms with Crippen molar-refractivity contribution in [1.29, 1.82) is 0 Å². The zero-order valence-electron chi connectivity index (χ0n) is 11.8. The Hall–Kier alpha value is -2.41. The van der Waals surface area contributed by atoms with E-state index in [1.165, 1.54) is 18.4 Å². The first-order chi connectivity index (χ1) is 10.1. The zero-order chi connectivity index (χ0) is 15.4. The number of hydrogen-bond acceptors (Lipinski definition) is 6. The predicted molar refractivity (Wildman–Crippen MR) is 84.1 cm³/mol. The van der Waals surface area contributed by atoms with Crippen molar-refractivity contribution in [2.45, 2.75) is 6.54 Å². The highest BCUT2D eigenvalue weighted by molar-refractivity contribution is 7.19. The highest BCUT2D eigenvalue weighted by Crippen LogP contribution is 2.42. The van der Waals surface area contributed by atoms with Gasteiger partial charge in [0.25, 0.3) is 5.91 Å². The summed E-state index contributed by atoms with van der Waals surface area (Å²) >= 11 is 1.19. The fourth-order valence-electron chi connectivity index (χ4n) is 1.86. The van der Waals surface area contributed by atoms with Gasteiger partial charge in [-0.3, -0.25) is 4.79 Å². The number of nitrogens with one attached hydrogen (secondary N) is 1. The van der Waals surface area contributed by atoms with Gasteiger partial charge in [0.05, 0.1) is 14.2 Å². The quantitative estimate of drug-likeness (QED) is 0.758. The van der Waals surface area contributed by atoms with Crippen molar-refractivity contribution in [2.75, 3.05) is 25.3 Å². The van der Waals surface area contributed by atoms with Crippen LogP contribution in [0.25, 0.3) is 0 Å². The maximum absolute atomic E-state index is 11.3. The summed E-state index contributed by atoms with van der Waals surface area (Å²) in [5.41, 5.74) is 12.5. The lowest BCUT2D eigenvalue weighted by molar-refractivity contribution is 0.100. The molecule has 0 spiro atoms. The van der Waals surface area contributed by atoms with Gasteiger partial charge in [0.1, 0.15) is 21.3 Å². The minimum absolute atomic E-state index is 0.271. The van der Waals surface area contributed by atoms with Crippen LogP contribution in [0, 0.1) is 0 Å². The minimum Gasteiger partial charge on any atom is -0.497 e. The molecule has 0 bridgehead atoms. The number of anilines is 2. The molecular weight excluding hydrogens is 290 g/mol. The second-order valence-corrected chi connectivity index (χ2v) is 5.29. The minimum atomic E-state index is -0.562. The molecule has 2 rings (SSSR count). The van der Waals surface area contributed by atoms with E-state index in [2.05, 4.69) is 5.32 Å². The van der Waals surface area contributed by atoms with Gasteiger partial charge < -0.3 is 26.3 Å². The topological polar surface area (TPSA) is 99.6 Å². The molecule has 5 N–H and O–H groups in total.